The zero-order valence-electron chi connectivity index (χ0n) is 11.0. The number of amides is 2. The van der Waals surface area contributed by atoms with Gasteiger partial charge < -0.3 is 10.6 Å². The normalized spacial score (nSPS) is 23.7. The molecule has 0 radical (unpaired) electrons. The lowest BCUT2D eigenvalue weighted by Gasteiger charge is -2.06. The van der Waals surface area contributed by atoms with Crippen LogP contribution in [0.3, 0.4) is 0 Å². The molecule has 2 N–H and O–H groups in total. The molecular formula is C15H18N2O2. The molecule has 1 aromatic carbocycles. The van der Waals surface area contributed by atoms with Gasteiger partial charge in [-0.3, -0.25) is 9.59 Å². The van der Waals surface area contributed by atoms with Gasteiger partial charge >= 0.3 is 0 Å². The van der Waals surface area contributed by atoms with E-state index >= 15 is 0 Å². The number of hydrogen-bond acceptors (Lipinski definition) is 2. The number of anilines is 1. The van der Waals surface area contributed by atoms with Crippen LogP contribution in [0, 0.1) is 5.92 Å². The molecule has 2 amide bonds. The molecule has 0 bridgehead atoms. The fraction of sp³-hybridized carbons (Fsp3) is 0.467. The zero-order valence-corrected chi connectivity index (χ0v) is 11.0. The summed E-state index contributed by atoms with van der Waals surface area (Å²) in [5.41, 5.74) is 2.37. The maximum absolute atomic E-state index is 12.1. The second-order valence-electron chi connectivity index (χ2n) is 5.46. The molecule has 0 saturated heterocycles. The number of carbonyl (C=O) groups excluding carboxylic acids is 2. The van der Waals surface area contributed by atoms with Crippen LogP contribution in [0.4, 0.5) is 5.69 Å². The molecule has 0 aromatic heterocycles. The van der Waals surface area contributed by atoms with Crippen LogP contribution in [0.15, 0.2) is 18.2 Å². The standard InChI is InChI=1S/C15H18N2O2/c1-2-3-9-6-13(9)17-15(19)11-5-4-10-8-14(18)16-12(10)7-11/h4-5,7,9,13H,2-3,6,8H2,1H3,(H,16,18)(H,17,19). The van der Waals surface area contributed by atoms with Crippen LogP contribution in [-0.2, 0) is 11.2 Å². The molecule has 4 nitrogen and oxygen atoms in total. The van der Waals surface area contributed by atoms with E-state index < -0.39 is 0 Å². The summed E-state index contributed by atoms with van der Waals surface area (Å²) < 4.78 is 0. The molecule has 1 saturated carbocycles. The van der Waals surface area contributed by atoms with Crippen LogP contribution in [-0.4, -0.2) is 17.9 Å². The number of benzene rings is 1. The smallest absolute Gasteiger partial charge is 0.251 e. The fourth-order valence-electron chi connectivity index (χ4n) is 2.72. The van der Waals surface area contributed by atoms with Gasteiger partial charge in [-0.1, -0.05) is 19.4 Å². The quantitative estimate of drug-likeness (QED) is 0.869. The molecule has 19 heavy (non-hydrogen) atoms. The van der Waals surface area contributed by atoms with Gasteiger partial charge in [-0.2, -0.15) is 0 Å². The van der Waals surface area contributed by atoms with Gasteiger partial charge in [0.05, 0.1) is 6.42 Å². The summed E-state index contributed by atoms with van der Waals surface area (Å²) in [5, 5.41) is 5.83. The Morgan fingerprint density at radius 1 is 1.47 bits per heavy atom. The zero-order chi connectivity index (χ0) is 13.4. The van der Waals surface area contributed by atoms with E-state index in [-0.39, 0.29) is 11.8 Å². The van der Waals surface area contributed by atoms with Gasteiger partial charge in [-0.25, -0.2) is 0 Å². The first-order valence-electron chi connectivity index (χ1n) is 6.91. The Balaban J connectivity index is 1.65. The molecular weight excluding hydrogens is 240 g/mol. The van der Waals surface area contributed by atoms with E-state index in [0.717, 1.165) is 17.7 Å². The van der Waals surface area contributed by atoms with Crippen molar-refractivity contribution in [3.63, 3.8) is 0 Å². The molecule has 100 valence electrons. The van der Waals surface area contributed by atoms with Gasteiger partial charge in [-0.05, 0) is 36.5 Å². The third-order valence-electron chi connectivity index (χ3n) is 3.90. The summed E-state index contributed by atoms with van der Waals surface area (Å²) in [6.45, 7) is 2.17. The van der Waals surface area contributed by atoms with E-state index in [0.29, 0.717) is 23.9 Å². The Labute approximate surface area is 112 Å². The highest BCUT2D eigenvalue weighted by atomic mass is 16.2. The lowest BCUT2D eigenvalue weighted by Crippen LogP contribution is -2.26. The predicted molar refractivity (Wildman–Crippen MR) is 73.0 cm³/mol. The molecule has 2 unspecified atom stereocenters. The van der Waals surface area contributed by atoms with E-state index in [1.807, 2.05) is 6.07 Å². The maximum Gasteiger partial charge on any atom is 0.251 e. The third kappa shape index (κ3) is 2.48. The Bertz CT molecular complexity index is 539. The van der Waals surface area contributed by atoms with Crippen molar-refractivity contribution in [2.45, 2.75) is 38.6 Å². The first-order valence-corrected chi connectivity index (χ1v) is 6.91. The monoisotopic (exact) mass is 258 g/mol. The molecule has 2 atom stereocenters. The van der Waals surface area contributed by atoms with E-state index in [2.05, 4.69) is 17.6 Å². The second kappa shape index (κ2) is 4.68. The lowest BCUT2D eigenvalue weighted by atomic mass is 10.1. The molecule has 0 spiro atoms. The fourth-order valence-corrected chi connectivity index (χ4v) is 2.72. The van der Waals surface area contributed by atoms with Gasteiger partial charge in [-0.15, -0.1) is 0 Å². The lowest BCUT2D eigenvalue weighted by molar-refractivity contribution is -0.115. The van der Waals surface area contributed by atoms with Gasteiger partial charge in [0.2, 0.25) is 5.91 Å². The van der Waals surface area contributed by atoms with E-state index in [4.69, 9.17) is 0 Å². The first kappa shape index (κ1) is 12.2. The third-order valence-corrected chi connectivity index (χ3v) is 3.90. The maximum atomic E-state index is 12.1. The Morgan fingerprint density at radius 3 is 3.11 bits per heavy atom. The van der Waals surface area contributed by atoms with Gasteiger partial charge in [0.1, 0.15) is 0 Å². The van der Waals surface area contributed by atoms with Crippen LogP contribution in [0.2, 0.25) is 0 Å². The summed E-state index contributed by atoms with van der Waals surface area (Å²) in [6.07, 6.45) is 3.87. The summed E-state index contributed by atoms with van der Waals surface area (Å²) in [7, 11) is 0. The average molecular weight is 258 g/mol. The molecule has 1 aliphatic heterocycles. The largest absolute Gasteiger partial charge is 0.349 e. The topological polar surface area (TPSA) is 58.2 Å². The van der Waals surface area contributed by atoms with Gasteiger partial charge in [0, 0.05) is 17.3 Å². The van der Waals surface area contributed by atoms with Crippen molar-refractivity contribution in [3.05, 3.63) is 29.3 Å². The summed E-state index contributed by atoms with van der Waals surface area (Å²) in [6, 6.07) is 5.77. The molecule has 4 heteroatoms. The summed E-state index contributed by atoms with van der Waals surface area (Å²) in [4.78, 5) is 23.4. The average Bonchev–Trinajstić information content (AvgIpc) is 2.98. The minimum atomic E-state index is -0.0347. The number of rotatable bonds is 4. The van der Waals surface area contributed by atoms with Gasteiger partial charge in [0.15, 0.2) is 0 Å². The first-order chi connectivity index (χ1) is 9.17. The number of carbonyl (C=O) groups is 2. The highest BCUT2D eigenvalue weighted by Crippen LogP contribution is 2.34. The minimum absolute atomic E-state index is 0.00207. The number of fused-ring (bicyclic) bond motifs is 1. The molecule has 2 aliphatic rings. The second-order valence-corrected chi connectivity index (χ2v) is 5.46. The molecule has 1 fully saturated rings. The van der Waals surface area contributed by atoms with E-state index in [1.165, 1.54) is 12.8 Å². The summed E-state index contributed by atoms with van der Waals surface area (Å²) >= 11 is 0. The number of nitrogens with one attached hydrogen (secondary N) is 2. The van der Waals surface area contributed by atoms with Crippen LogP contribution < -0.4 is 10.6 Å². The highest BCUT2D eigenvalue weighted by molar-refractivity contribution is 6.02. The molecule has 1 heterocycles. The van der Waals surface area contributed by atoms with Crippen molar-refractivity contribution in [2.75, 3.05) is 5.32 Å². The van der Waals surface area contributed by atoms with Crippen molar-refractivity contribution in [3.8, 4) is 0 Å². The minimum Gasteiger partial charge on any atom is -0.349 e. The highest BCUT2D eigenvalue weighted by Gasteiger charge is 2.37. The van der Waals surface area contributed by atoms with Crippen molar-refractivity contribution < 1.29 is 9.59 Å². The Hall–Kier alpha value is -1.84. The van der Waals surface area contributed by atoms with E-state index in [1.54, 1.807) is 12.1 Å². The SMILES string of the molecule is CCCC1CC1NC(=O)c1ccc2c(c1)NC(=O)C2. The van der Waals surface area contributed by atoms with Crippen molar-refractivity contribution in [1.82, 2.24) is 5.32 Å². The molecule has 1 aromatic rings. The predicted octanol–water partition coefficient (Wildman–Crippen LogP) is 2.10. The van der Waals surface area contributed by atoms with Crippen LogP contribution >= 0.6 is 0 Å². The van der Waals surface area contributed by atoms with Crippen LogP contribution in [0.25, 0.3) is 0 Å². The van der Waals surface area contributed by atoms with Gasteiger partial charge in [0.25, 0.3) is 5.91 Å². The summed E-state index contributed by atoms with van der Waals surface area (Å²) in [5.74, 6) is 0.619. The van der Waals surface area contributed by atoms with Crippen molar-refractivity contribution >= 4 is 17.5 Å². The van der Waals surface area contributed by atoms with Crippen molar-refractivity contribution in [1.29, 1.82) is 0 Å². The van der Waals surface area contributed by atoms with E-state index in [9.17, 15) is 9.59 Å². The van der Waals surface area contributed by atoms with Crippen LogP contribution in [0.1, 0.15) is 42.1 Å². The Kier molecular flexibility index (Phi) is 3.01. The van der Waals surface area contributed by atoms with Crippen molar-refractivity contribution in [2.24, 2.45) is 5.92 Å². The molecule has 1 aliphatic carbocycles. The number of hydrogen-bond donors (Lipinski definition) is 2. The Morgan fingerprint density at radius 2 is 2.32 bits per heavy atom. The van der Waals surface area contributed by atoms with Crippen LogP contribution in [0.5, 0.6) is 0 Å². The molecule has 3 rings (SSSR count).